The molecule has 5 heteroatoms. The number of carbonyl (C=O) groups is 1. The minimum absolute atomic E-state index is 0.0320. The van der Waals surface area contributed by atoms with Crippen LogP contribution >= 0.6 is 0 Å². The zero-order chi connectivity index (χ0) is 16.6. The van der Waals surface area contributed by atoms with E-state index in [0.717, 1.165) is 22.4 Å². The second-order valence-electron chi connectivity index (χ2n) is 5.29. The number of methoxy groups -OCH3 is 2. The van der Waals surface area contributed by atoms with E-state index < -0.39 is 0 Å². The van der Waals surface area contributed by atoms with Gasteiger partial charge in [0.25, 0.3) is 0 Å². The zero-order valence-corrected chi connectivity index (χ0v) is 13.6. The van der Waals surface area contributed by atoms with E-state index in [-0.39, 0.29) is 5.78 Å². The molecule has 23 heavy (non-hydrogen) atoms. The van der Waals surface area contributed by atoms with Gasteiger partial charge >= 0.3 is 0 Å². The van der Waals surface area contributed by atoms with Crippen molar-refractivity contribution in [3.63, 3.8) is 0 Å². The van der Waals surface area contributed by atoms with Gasteiger partial charge in [0, 0.05) is 12.6 Å². The molecule has 0 atom stereocenters. The zero-order valence-electron chi connectivity index (χ0n) is 13.6. The summed E-state index contributed by atoms with van der Waals surface area (Å²) in [6, 6.07) is 11.1. The molecular weight excluding hydrogens is 292 g/mol. The Morgan fingerprint density at radius 1 is 1.09 bits per heavy atom. The number of aryl methyl sites for hydroxylation is 1. The quantitative estimate of drug-likeness (QED) is 0.693. The molecular formula is C18H18N2O3. The topological polar surface area (TPSA) is 53.4 Å². The summed E-state index contributed by atoms with van der Waals surface area (Å²) in [7, 11) is 5.16. The molecule has 0 saturated carbocycles. The minimum Gasteiger partial charge on any atom is -0.496 e. The van der Waals surface area contributed by atoms with Crippen LogP contribution in [0.4, 0.5) is 0 Å². The maximum atomic E-state index is 11.6. The van der Waals surface area contributed by atoms with Gasteiger partial charge in [-0.25, -0.2) is 4.98 Å². The molecule has 0 bridgehead atoms. The molecule has 5 nitrogen and oxygen atoms in total. The summed E-state index contributed by atoms with van der Waals surface area (Å²) in [5, 5.41) is 0. The summed E-state index contributed by atoms with van der Waals surface area (Å²) in [6.07, 6.45) is 0. The van der Waals surface area contributed by atoms with E-state index in [1.165, 1.54) is 0 Å². The first-order valence-electron chi connectivity index (χ1n) is 7.25. The molecule has 1 aromatic heterocycles. The van der Waals surface area contributed by atoms with Crippen LogP contribution in [-0.4, -0.2) is 29.6 Å². The van der Waals surface area contributed by atoms with Crippen molar-refractivity contribution < 1.29 is 14.3 Å². The Balaban J connectivity index is 2.29. The van der Waals surface area contributed by atoms with Gasteiger partial charge in [-0.05, 0) is 37.3 Å². The van der Waals surface area contributed by atoms with Crippen LogP contribution in [0.3, 0.4) is 0 Å². The van der Waals surface area contributed by atoms with Gasteiger partial charge in [0.1, 0.15) is 22.9 Å². The smallest absolute Gasteiger partial charge is 0.159 e. The first kappa shape index (κ1) is 15.1. The molecule has 0 radical (unpaired) electrons. The maximum Gasteiger partial charge on any atom is 0.159 e. The van der Waals surface area contributed by atoms with Crippen molar-refractivity contribution in [2.75, 3.05) is 14.2 Å². The van der Waals surface area contributed by atoms with Crippen LogP contribution in [0, 0.1) is 0 Å². The fraction of sp³-hybridized carbons (Fsp3) is 0.222. The number of hydrogen-bond acceptors (Lipinski definition) is 4. The van der Waals surface area contributed by atoms with Crippen molar-refractivity contribution in [3.8, 4) is 22.9 Å². The second kappa shape index (κ2) is 5.76. The highest BCUT2D eigenvalue weighted by molar-refractivity contribution is 5.98. The van der Waals surface area contributed by atoms with Gasteiger partial charge in [-0.2, -0.15) is 0 Å². The molecule has 3 rings (SSSR count). The summed E-state index contributed by atoms with van der Waals surface area (Å²) in [6.45, 7) is 1.56. The lowest BCUT2D eigenvalue weighted by atomic mass is 10.1. The Kier molecular flexibility index (Phi) is 3.78. The Morgan fingerprint density at radius 3 is 2.30 bits per heavy atom. The van der Waals surface area contributed by atoms with Crippen molar-refractivity contribution >= 4 is 16.8 Å². The third-order valence-electron chi connectivity index (χ3n) is 3.94. The van der Waals surface area contributed by atoms with Crippen LogP contribution in [0.5, 0.6) is 11.5 Å². The van der Waals surface area contributed by atoms with Gasteiger partial charge in [-0.15, -0.1) is 0 Å². The van der Waals surface area contributed by atoms with E-state index in [0.29, 0.717) is 17.1 Å². The number of imidazole rings is 1. The first-order chi connectivity index (χ1) is 11.1. The van der Waals surface area contributed by atoms with Crippen molar-refractivity contribution in [2.24, 2.45) is 7.05 Å². The lowest BCUT2D eigenvalue weighted by Gasteiger charge is -2.12. The van der Waals surface area contributed by atoms with Crippen molar-refractivity contribution in [2.45, 2.75) is 6.92 Å². The first-order valence-corrected chi connectivity index (χ1v) is 7.25. The predicted octanol–water partition coefficient (Wildman–Crippen LogP) is 3.46. The highest BCUT2D eigenvalue weighted by atomic mass is 16.5. The number of nitrogens with zero attached hydrogens (tertiary/aromatic N) is 2. The Morgan fingerprint density at radius 2 is 1.74 bits per heavy atom. The fourth-order valence-electron chi connectivity index (χ4n) is 2.70. The lowest BCUT2D eigenvalue weighted by molar-refractivity contribution is 0.101. The molecule has 0 N–H and O–H groups in total. The molecule has 0 aliphatic rings. The summed E-state index contributed by atoms with van der Waals surface area (Å²) in [4.78, 5) is 16.3. The third kappa shape index (κ3) is 2.44. The van der Waals surface area contributed by atoms with Gasteiger partial charge in [0.05, 0.1) is 25.3 Å². The molecule has 1 heterocycles. The van der Waals surface area contributed by atoms with Crippen molar-refractivity contribution in [1.29, 1.82) is 0 Å². The van der Waals surface area contributed by atoms with E-state index in [2.05, 4.69) is 0 Å². The molecule has 118 valence electrons. The predicted molar refractivity (Wildman–Crippen MR) is 89.3 cm³/mol. The van der Waals surface area contributed by atoms with Gasteiger partial charge in [-0.3, -0.25) is 4.79 Å². The molecule has 0 aliphatic heterocycles. The number of benzene rings is 2. The number of rotatable bonds is 4. The van der Waals surface area contributed by atoms with Crippen molar-refractivity contribution in [1.82, 2.24) is 9.55 Å². The maximum absolute atomic E-state index is 11.6. The molecule has 0 spiro atoms. The van der Waals surface area contributed by atoms with Crippen LogP contribution in [0.1, 0.15) is 17.3 Å². The summed E-state index contributed by atoms with van der Waals surface area (Å²) >= 11 is 0. The second-order valence-corrected chi connectivity index (χ2v) is 5.29. The molecule has 0 saturated heterocycles. The molecule has 0 aliphatic carbocycles. The van der Waals surface area contributed by atoms with Gasteiger partial charge in [0.15, 0.2) is 5.78 Å². The Labute approximate surface area is 134 Å². The van der Waals surface area contributed by atoms with E-state index in [9.17, 15) is 4.79 Å². The fourth-order valence-corrected chi connectivity index (χ4v) is 2.70. The third-order valence-corrected chi connectivity index (χ3v) is 3.94. The summed E-state index contributed by atoms with van der Waals surface area (Å²) in [5.74, 6) is 2.14. The molecule has 2 aromatic carbocycles. The van der Waals surface area contributed by atoms with E-state index in [1.807, 2.05) is 41.9 Å². The molecule has 0 unspecified atom stereocenters. The standard InChI is InChI=1S/C18H18N2O3/c1-11(21)12-8-9-13-14(10-12)20(2)18(19-13)17-15(22-3)6-5-7-16(17)23-4/h5-10H,1-4H3. The number of Topliss-reactive ketones (excluding diaryl/α,β-unsaturated/α-hetero) is 1. The average molecular weight is 310 g/mol. The average Bonchev–Trinajstić information content (AvgIpc) is 2.90. The van der Waals surface area contributed by atoms with Gasteiger partial charge in [0.2, 0.25) is 0 Å². The van der Waals surface area contributed by atoms with Crippen LogP contribution in [0.2, 0.25) is 0 Å². The van der Waals surface area contributed by atoms with Crippen LogP contribution in [0.15, 0.2) is 36.4 Å². The molecule has 0 fully saturated rings. The minimum atomic E-state index is 0.0320. The van der Waals surface area contributed by atoms with Gasteiger partial charge in [-0.1, -0.05) is 6.07 Å². The number of carbonyl (C=O) groups excluding carboxylic acids is 1. The number of aromatic nitrogens is 2. The summed E-state index contributed by atoms with van der Waals surface area (Å²) < 4.78 is 12.9. The van der Waals surface area contributed by atoms with Crippen molar-refractivity contribution in [3.05, 3.63) is 42.0 Å². The van der Waals surface area contributed by atoms with E-state index >= 15 is 0 Å². The summed E-state index contributed by atoms with van der Waals surface area (Å²) in [5.41, 5.74) is 3.17. The molecule has 3 aromatic rings. The highest BCUT2D eigenvalue weighted by Crippen LogP contribution is 2.38. The van der Waals surface area contributed by atoms with Crippen LogP contribution in [0.25, 0.3) is 22.4 Å². The Bertz CT molecular complexity index is 874. The number of hydrogen-bond donors (Lipinski definition) is 0. The number of ether oxygens (including phenoxy) is 2. The van der Waals surface area contributed by atoms with Gasteiger partial charge < -0.3 is 14.0 Å². The van der Waals surface area contributed by atoms with E-state index in [1.54, 1.807) is 27.2 Å². The molecule has 0 amide bonds. The van der Waals surface area contributed by atoms with Crippen LogP contribution < -0.4 is 9.47 Å². The monoisotopic (exact) mass is 310 g/mol. The lowest BCUT2D eigenvalue weighted by Crippen LogP contribution is -1.99. The largest absolute Gasteiger partial charge is 0.496 e. The SMILES string of the molecule is COc1cccc(OC)c1-c1nc2ccc(C(C)=O)cc2n1C. The highest BCUT2D eigenvalue weighted by Gasteiger charge is 2.19. The number of fused-ring (bicyclic) bond motifs is 1. The number of ketones is 1. The normalized spacial score (nSPS) is 10.8. The van der Waals surface area contributed by atoms with E-state index in [4.69, 9.17) is 14.5 Å². The Hall–Kier alpha value is -2.82. The van der Waals surface area contributed by atoms with Crippen LogP contribution in [-0.2, 0) is 7.05 Å².